The Morgan fingerprint density at radius 2 is 1.95 bits per heavy atom. The third-order valence-electron chi connectivity index (χ3n) is 2.46. The van der Waals surface area contributed by atoms with Crippen molar-refractivity contribution in [3.8, 4) is 0 Å². The zero-order valence-electron chi connectivity index (χ0n) is 10.6. The monoisotopic (exact) mass is 285 g/mol. The molecule has 0 bridgehead atoms. The highest BCUT2D eigenvalue weighted by molar-refractivity contribution is 7.90. The lowest BCUT2D eigenvalue weighted by Gasteiger charge is -2.09. The molecule has 2 N–H and O–H groups in total. The molecule has 0 aliphatic heterocycles. The van der Waals surface area contributed by atoms with E-state index in [1.807, 2.05) is 0 Å². The summed E-state index contributed by atoms with van der Waals surface area (Å²) in [6.07, 6.45) is 0.895. The number of rotatable bonds is 5. The van der Waals surface area contributed by atoms with E-state index in [1.165, 1.54) is 12.1 Å². The van der Waals surface area contributed by atoms with Crippen LogP contribution in [0.5, 0.6) is 0 Å². The molecule has 0 radical (unpaired) electrons. The van der Waals surface area contributed by atoms with Gasteiger partial charge < -0.3 is 10.4 Å². The smallest absolute Gasteiger partial charge is 0.335 e. The number of nitrogens with one attached hydrogen (secondary N) is 1. The maximum atomic E-state index is 11.6. The molecule has 0 aromatic heterocycles. The second-order valence-corrected chi connectivity index (χ2v) is 6.52. The lowest BCUT2D eigenvalue weighted by Crippen LogP contribution is -2.17. The minimum Gasteiger partial charge on any atom is -0.478 e. The largest absolute Gasteiger partial charge is 0.478 e. The lowest BCUT2D eigenvalue weighted by molar-refractivity contribution is -0.115. The van der Waals surface area contributed by atoms with Crippen LogP contribution < -0.4 is 5.32 Å². The molecule has 0 saturated heterocycles. The molecule has 7 heteroatoms. The molecule has 0 aliphatic carbocycles. The summed E-state index contributed by atoms with van der Waals surface area (Å²) >= 11 is 0. The first-order chi connectivity index (χ1) is 8.69. The number of sulfone groups is 1. The molecule has 1 amide bonds. The van der Waals surface area contributed by atoms with Gasteiger partial charge in [-0.2, -0.15) is 0 Å². The molecule has 0 aliphatic rings. The Labute approximate surface area is 111 Å². The number of carbonyl (C=O) groups excluding carboxylic acids is 1. The summed E-state index contributed by atoms with van der Waals surface area (Å²) in [7, 11) is -3.20. The summed E-state index contributed by atoms with van der Waals surface area (Å²) in [6.45, 7) is 1.72. The van der Waals surface area contributed by atoms with E-state index in [4.69, 9.17) is 5.11 Å². The van der Waals surface area contributed by atoms with Crippen molar-refractivity contribution in [1.29, 1.82) is 0 Å². The molecule has 104 valence electrons. The van der Waals surface area contributed by atoms with Crippen LogP contribution in [-0.4, -0.2) is 37.4 Å². The predicted octanol–water partition coefficient (Wildman–Crippen LogP) is 1.07. The Hall–Kier alpha value is -1.89. The van der Waals surface area contributed by atoms with Gasteiger partial charge in [0.15, 0.2) is 0 Å². The van der Waals surface area contributed by atoms with Crippen molar-refractivity contribution in [3.63, 3.8) is 0 Å². The molecule has 19 heavy (non-hydrogen) atoms. The average molecular weight is 285 g/mol. The van der Waals surface area contributed by atoms with Gasteiger partial charge in [0, 0.05) is 18.4 Å². The SMILES string of the molecule is Cc1ccc(C(=O)O)cc1NC(=O)CCS(C)(=O)=O. The van der Waals surface area contributed by atoms with E-state index in [2.05, 4.69) is 5.32 Å². The highest BCUT2D eigenvalue weighted by Gasteiger charge is 2.11. The maximum Gasteiger partial charge on any atom is 0.335 e. The van der Waals surface area contributed by atoms with Gasteiger partial charge in [-0.1, -0.05) is 6.07 Å². The number of hydrogen-bond donors (Lipinski definition) is 2. The zero-order chi connectivity index (χ0) is 14.6. The minimum absolute atomic E-state index is 0.0593. The predicted molar refractivity (Wildman–Crippen MR) is 71.1 cm³/mol. The van der Waals surface area contributed by atoms with Gasteiger partial charge in [-0.25, -0.2) is 13.2 Å². The van der Waals surface area contributed by atoms with Crippen molar-refractivity contribution in [1.82, 2.24) is 0 Å². The molecule has 0 heterocycles. The first kappa shape index (κ1) is 15.2. The van der Waals surface area contributed by atoms with Crippen LogP contribution in [0.25, 0.3) is 0 Å². The van der Waals surface area contributed by atoms with Crippen molar-refractivity contribution in [2.24, 2.45) is 0 Å². The lowest BCUT2D eigenvalue weighted by atomic mass is 10.1. The summed E-state index contributed by atoms with van der Waals surface area (Å²) in [6, 6.07) is 4.36. The van der Waals surface area contributed by atoms with E-state index < -0.39 is 21.7 Å². The Morgan fingerprint density at radius 3 is 2.47 bits per heavy atom. The Bertz CT molecular complexity index is 607. The normalized spacial score (nSPS) is 11.1. The van der Waals surface area contributed by atoms with Crippen molar-refractivity contribution in [2.75, 3.05) is 17.3 Å². The Morgan fingerprint density at radius 1 is 1.32 bits per heavy atom. The number of carbonyl (C=O) groups is 2. The Balaban J connectivity index is 2.79. The van der Waals surface area contributed by atoms with Crippen LogP contribution in [0.15, 0.2) is 18.2 Å². The van der Waals surface area contributed by atoms with Gasteiger partial charge in [0.25, 0.3) is 0 Å². The molecule has 0 fully saturated rings. The third-order valence-corrected chi connectivity index (χ3v) is 3.40. The second kappa shape index (κ2) is 5.83. The van der Waals surface area contributed by atoms with Crippen molar-refractivity contribution < 1.29 is 23.1 Å². The fraction of sp³-hybridized carbons (Fsp3) is 0.333. The quantitative estimate of drug-likeness (QED) is 0.842. The highest BCUT2D eigenvalue weighted by Crippen LogP contribution is 2.17. The van der Waals surface area contributed by atoms with Crippen LogP contribution in [0.2, 0.25) is 0 Å². The fourth-order valence-electron chi connectivity index (χ4n) is 1.38. The van der Waals surface area contributed by atoms with E-state index in [-0.39, 0.29) is 17.7 Å². The van der Waals surface area contributed by atoms with Gasteiger partial charge in [-0.15, -0.1) is 0 Å². The number of amides is 1. The van der Waals surface area contributed by atoms with Crippen LogP contribution >= 0.6 is 0 Å². The number of benzene rings is 1. The standard InChI is InChI=1S/C12H15NO5S/c1-8-3-4-9(12(15)16)7-10(8)13-11(14)5-6-19(2,17)18/h3-4,7H,5-6H2,1-2H3,(H,13,14)(H,15,16). The summed E-state index contributed by atoms with van der Waals surface area (Å²) in [4.78, 5) is 22.4. The van der Waals surface area contributed by atoms with E-state index in [0.717, 1.165) is 6.26 Å². The first-order valence-corrected chi connectivity index (χ1v) is 7.56. The molecule has 0 saturated carbocycles. The van der Waals surface area contributed by atoms with Crippen molar-refractivity contribution in [3.05, 3.63) is 29.3 Å². The van der Waals surface area contributed by atoms with E-state index in [9.17, 15) is 18.0 Å². The van der Waals surface area contributed by atoms with Gasteiger partial charge in [-0.3, -0.25) is 4.79 Å². The van der Waals surface area contributed by atoms with Crippen LogP contribution in [0.3, 0.4) is 0 Å². The molecule has 6 nitrogen and oxygen atoms in total. The summed E-state index contributed by atoms with van der Waals surface area (Å²) < 4.78 is 21.9. The molecule has 0 unspecified atom stereocenters. The van der Waals surface area contributed by atoms with Gasteiger partial charge >= 0.3 is 5.97 Å². The summed E-state index contributed by atoms with van der Waals surface area (Å²) in [5.74, 6) is -1.79. The van der Waals surface area contributed by atoms with Gasteiger partial charge in [0.2, 0.25) is 5.91 Å². The van der Waals surface area contributed by atoms with Crippen LogP contribution in [-0.2, 0) is 14.6 Å². The van der Waals surface area contributed by atoms with Gasteiger partial charge in [0.05, 0.1) is 11.3 Å². The van der Waals surface area contributed by atoms with Crippen molar-refractivity contribution >= 4 is 27.4 Å². The first-order valence-electron chi connectivity index (χ1n) is 5.50. The van der Waals surface area contributed by atoms with Gasteiger partial charge in [0.1, 0.15) is 9.84 Å². The Kier molecular flexibility index (Phi) is 4.66. The molecule has 0 atom stereocenters. The molecular formula is C12H15NO5S. The summed E-state index contributed by atoms with van der Waals surface area (Å²) in [5.41, 5.74) is 1.14. The highest BCUT2D eigenvalue weighted by atomic mass is 32.2. The van der Waals surface area contributed by atoms with E-state index >= 15 is 0 Å². The number of carboxylic acids is 1. The summed E-state index contributed by atoms with van der Waals surface area (Å²) in [5, 5.41) is 11.4. The second-order valence-electron chi connectivity index (χ2n) is 4.26. The maximum absolute atomic E-state index is 11.6. The fourth-order valence-corrected chi connectivity index (χ4v) is 1.94. The number of carboxylic acid groups (broad SMARTS) is 1. The topological polar surface area (TPSA) is 101 Å². The van der Waals surface area contributed by atoms with E-state index in [1.54, 1.807) is 13.0 Å². The number of hydrogen-bond acceptors (Lipinski definition) is 4. The molecular weight excluding hydrogens is 270 g/mol. The number of aromatic carboxylic acids is 1. The third kappa shape index (κ3) is 5.09. The van der Waals surface area contributed by atoms with Crippen molar-refractivity contribution in [2.45, 2.75) is 13.3 Å². The molecule has 0 spiro atoms. The van der Waals surface area contributed by atoms with E-state index in [0.29, 0.717) is 11.3 Å². The average Bonchev–Trinajstić information content (AvgIpc) is 2.28. The van der Waals surface area contributed by atoms with Crippen LogP contribution in [0.4, 0.5) is 5.69 Å². The van der Waals surface area contributed by atoms with Crippen LogP contribution in [0, 0.1) is 6.92 Å². The minimum atomic E-state index is -3.20. The van der Waals surface area contributed by atoms with Crippen LogP contribution in [0.1, 0.15) is 22.3 Å². The number of anilines is 1. The molecule has 1 rings (SSSR count). The molecule has 1 aromatic rings. The number of aryl methyl sites for hydroxylation is 1. The zero-order valence-corrected chi connectivity index (χ0v) is 11.5. The molecule has 1 aromatic carbocycles. The van der Waals surface area contributed by atoms with Gasteiger partial charge in [-0.05, 0) is 24.6 Å².